The lowest BCUT2D eigenvalue weighted by atomic mass is 9.83. The number of amides is 2. The second-order valence-corrected chi connectivity index (χ2v) is 6.32. The average Bonchev–Trinajstić information content (AvgIpc) is 2.49. The topological polar surface area (TPSA) is 61.4 Å². The second kappa shape index (κ2) is 8.45. The van der Waals surface area contributed by atoms with E-state index in [1.54, 1.807) is 0 Å². The third-order valence-electron chi connectivity index (χ3n) is 4.15. The minimum Gasteiger partial charge on any atom is -0.393 e. The maximum absolute atomic E-state index is 13.6. The largest absolute Gasteiger partial charge is 0.393 e. The van der Waals surface area contributed by atoms with Gasteiger partial charge in [0.25, 0.3) is 0 Å². The van der Waals surface area contributed by atoms with Crippen molar-refractivity contribution in [1.82, 2.24) is 5.32 Å². The molecule has 1 saturated carbocycles. The number of nitrogens with one attached hydrogen (secondary N) is 2. The molecule has 0 bridgehead atoms. The molecule has 4 nitrogen and oxygen atoms in total. The average molecular weight is 347 g/mol. The van der Waals surface area contributed by atoms with Crippen molar-refractivity contribution in [2.45, 2.75) is 44.6 Å². The van der Waals surface area contributed by atoms with Gasteiger partial charge < -0.3 is 15.7 Å². The summed E-state index contributed by atoms with van der Waals surface area (Å²) in [4.78, 5) is 11.7. The summed E-state index contributed by atoms with van der Waals surface area (Å²) in [6, 6.07) is 1.20. The van der Waals surface area contributed by atoms with Crippen LogP contribution in [0.4, 0.5) is 19.3 Å². The molecule has 2 unspecified atom stereocenters. The summed E-state index contributed by atoms with van der Waals surface area (Å²) in [6.07, 6.45) is 5.32. The van der Waals surface area contributed by atoms with E-state index in [4.69, 9.17) is 11.6 Å². The van der Waals surface area contributed by atoms with Gasteiger partial charge in [-0.1, -0.05) is 24.4 Å². The molecule has 1 aliphatic carbocycles. The van der Waals surface area contributed by atoms with Gasteiger partial charge in [0.2, 0.25) is 0 Å². The molecule has 1 aliphatic rings. The zero-order valence-corrected chi connectivity index (χ0v) is 13.5. The molecule has 0 radical (unpaired) electrons. The van der Waals surface area contributed by atoms with Crippen molar-refractivity contribution >= 4 is 23.3 Å². The molecule has 7 heteroatoms. The summed E-state index contributed by atoms with van der Waals surface area (Å²) < 4.78 is 27.1. The summed E-state index contributed by atoms with van der Waals surface area (Å²) in [5, 5.41) is 14.5. The first-order valence-electron chi connectivity index (χ1n) is 7.85. The number of carbonyl (C=O) groups is 1. The molecule has 0 aliphatic heterocycles. The molecule has 2 amide bonds. The van der Waals surface area contributed by atoms with E-state index < -0.39 is 23.4 Å². The fourth-order valence-corrected chi connectivity index (χ4v) is 3.10. The fraction of sp³-hybridized carbons (Fsp3) is 0.562. The third kappa shape index (κ3) is 5.32. The SMILES string of the molecule is O=C(NCCCC1CCCCC1O)Nc1c(F)cc(Cl)cc1F. The number of aliphatic hydroxyl groups is 1. The minimum absolute atomic E-state index is 0.0722. The maximum atomic E-state index is 13.6. The highest BCUT2D eigenvalue weighted by atomic mass is 35.5. The predicted octanol–water partition coefficient (Wildman–Crippen LogP) is 4.07. The molecule has 1 aromatic rings. The van der Waals surface area contributed by atoms with Gasteiger partial charge in [-0.15, -0.1) is 0 Å². The van der Waals surface area contributed by atoms with Crippen molar-refractivity contribution in [3.63, 3.8) is 0 Å². The maximum Gasteiger partial charge on any atom is 0.319 e. The Hall–Kier alpha value is -1.40. The summed E-state index contributed by atoms with van der Waals surface area (Å²) in [5.74, 6) is -1.56. The van der Waals surface area contributed by atoms with Crippen LogP contribution in [-0.2, 0) is 0 Å². The van der Waals surface area contributed by atoms with Gasteiger partial charge in [-0.25, -0.2) is 13.6 Å². The molecule has 0 aromatic heterocycles. The van der Waals surface area contributed by atoms with E-state index in [1.165, 1.54) is 0 Å². The standard InChI is InChI=1S/C16H21ClF2N2O2/c17-11-8-12(18)15(13(19)9-11)21-16(23)20-7-3-5-10-4-1-2-6-14(10)22/h8-10,14,22H,1-7H2,(H2,20,21,23). The van der Waals surface area contributed by atoms with E-state index in [-0.39, 0.29) is 17.0 Å². The number of halogens is 3. The number of benzene rings is 1. The number of hydrogen-bond donors (Lipinski definition) is 3. The summed E-state index contributed by atoms with van der Waals surface area (Å²) in [7, 11) is 0. The van der Waals surface area contributed by atoms with Crippen LogP contribution in [0.2, 0.25) is 5.02 Å². The highest BCUT2D eigenvalue weighted by Crippen LogP contribution is 2.27. The Morgan fingerprint density at radius 1 is 1.26 bits per heavy atom. The lowest BCUT2D eigenvalue weighted by molar-refractivity contribution is 0.0644. The smallest absolute Gasteiger partial charge is 0.319 e. The molecule has 2 rings (SSSR count). The quantitative estimate of drug-likeness (QED) is 0.704. The first-order chi connectivity index (χ1) is 11.0. The molecule has 128 valence electrons. The van der Waals surface area contributed by atoms with E-state index in [2.05, 4.69) is 10.6 Å². The first kappa shape index (κ1) is 17.9. The van der Waals surface area contributed by atoms with Gasteiger partial charge in [-0.2, -0.15) is 0 Å². The Labute approximate surface area is 139 Å². The van der Waals surface area contributed by atoms with Crippen LogP contribution in [0.5, 0.6) is 0 Å². The highest BCUT2D eigenvalue weighted by molar-refractivity contribution is 6.30. The number of aliphatic hydroxyl groups excluding tert-OH is 1. The number of urea groups is 1. The normalized spacial score (nSPS) is 21.0. The first-order valence-corrected chi connectivity index (χ1v) is 8.22. The van der Waals surface area contributed by atoms with Gasteiger partial charge in [-0.3, -0.25) is 0 Å². The summed E-state index contributed by atoms with van der Waals surface area (Å²) >= 11 is 5.52. The van der Waals surface area contributed by atoms with E-state index in [9.17, 15) is 18.7 Å². The van der Waals surface area contributed by atoms with E-state index >= 15 is 0 Å². The van der Waals surface area contributed by atoms with Crippen LogP contribution < -0.4 is 10.6 Å². The lowest BCUT2D eigenvalue weighted by Crippen LogP contribution is -2.31. The second-order valence-electron chi connectivity index (χ2n) is 5.88. The van der Waals surface area contributed by atoms with Crippen molar-refractivity contribution < 1.29 is 18.7 Å². The molecule has 2 atom stereocenters. The van der Waals surface area contributed by atoms with Gasteiger partial charge >= 0.3 is 6.03 Å². The van der Waals surface area contributed by atoms with Crippen LogP contribution in [0.15, 0.2) is 12.1 Å². The Balaban J connectivity index is 1.73. The molecule has 23 heavy (non-hydrogen) atoms. The van der Waals surface area contributed by atoms with E-state index in [1.807, 2.05) is 0 Å². The van der Waals surface area contributed by atoms with Crippen LogP contribution in [0.1, 0.15) is 38.5 Å². The molecule has 0 heterocycles. The molecule has 3 N–H and O–H groups in total. The van der Waals surface area contributed by atoms with Crippen molar-refractivity contribution in [3.8, 4) is 0 Å². The van der Waals surface area contributed by atoms with Crippen molar-refractivity contribution in [2.24, 2.45) is 5.92 Å². The Morgan fingerprint density at radius 2 is 1.91 bits per heavy atom. The highest BCUT2D eigenvalue weighted by Gasteiger charge is 2.22. The zero-order chi connectivity index (χ0) is 16.8. The van der Waals surface area contributed by atoms with Gasteiger partial charge in [-0.05, 0) is 43.7 Å². The van der Waals surface area contributed by atoms with Gasteiger partial charge in [0.05, 0.1) is 6.10 Å². The van der Waals surface area contributed by atoms with Crippen LogP contribution in [0.3, 0.4) is 0 Å². The van der Waals surface area contributed by atoms with Crippen LogP contribution in [-0.4, -0.2) is 23.8 Å². The van der Waals surface area contributed by atoms with Crippen LogP contribution in [0.25, 0.3) is 0 Å². The Morgan fingerprint density at radius 3 is 2.57 bits per heavy atom. The molecular formula is C16H21ClF2N2O2. The Kier molecular flexibility index (Phi) is 6.59. The van der Waals surface area contributed by atoms with Crippen molar-refractivity contribution in [1.29, 1.82) is 0 Å². The molecule has 0 saturated heterocycles. The number of rotatable bonds is 5. The van der Waals surface area contributed by atoms with E-state index in [0.29, 0.717) is 13.0 Å². The lowest BCUT2D eigenvalue weighted by Gasteiger charge is -2.27. The number of anilines is 1. The van der Waals surface area contributed by atoms with Crippen LogP contribution in [0, 0.1) is 17.6 Å². The van der Waals surface area contributed by atoms with Crippen molar-refractivity contribution in [2.75, 3.05) is 11.9 Å². The van der Waals surface area contributed by atoms with Gasteiger partial charge in [0.15, 0.2) is 11.6 Å². The van der Waals surface area contributed by atoms with Gasteiger partial charge in [0.1, 0.15) is 5.69 Å². The predicted molar refractivity (Wildman–Crippen MR) is 85.6 cm³/mol. The summed E-state index contributed by atoms with van der Waals surface area (Å²) in [6.45, 7) is 0.381. The van der Waals surface area contributed by atoms with Gasteiger partial charge in [0, 0.05) is 11.6 Å². The molecular weight excluding hydrogens is 326 g/mol. The van der Waals surface area contributed by atoms with Crippen molar-refractivity contribution in [3.05, 3.63) is 28.8 Å². The monoisotopic (exact) mass is 346 g/mol. The number of carbonyl (C=O) groups excluding carboxylic acids is 1. The molecule has 1 fully saturated rings. The third-order valence-corrected chi connectivity index (χ3v) is 4.37. The molecule has 1 aromatic carbocycles. The van der Waals surface area contributed by atoms with E-state index in [0.717, 1.165) is 44.2 Å². The Bertz CT molecular complexity index is 534. The van der Waals surface area contributed by atoms with Crippen LogP contribution >= 0.6 is 11.6 Å². The number of hydrogen-bond acceptors (Lipinski definition) is 2. The summed E-state index contributed by atoms with van der Waals surface area (Å²) in [5.41, 5.74) is -0.519. The minimum atomic E-state index is -0.921. The molecule has 0 spiro atoms. The fourth-order valence-electron chi connectivity index (χ4n) is 2.91. The zero-order valence-electron chi connectivity index (χ0n) is 12.7.